The van der Waals surface area contributed by atoms with Gasteiger partial charge in [-0.05, 0) is 38.5 Å². The molecule has 0 amide bonds. The molecule has 1 aromatic heterocycles. The molecule has 0 saturated heterocycles. The second kappa shape index (κ2) is 7.23. The van der Waals surface area contributed by atoms with E-state index in [2.05, 4.69) is 15.3 Å². The van der Waals surface area contributed by atoms with Crippen LogP contribution in [0.2, 0.25) is 5.02 Å². The summed E-state index contributed by atoms with van der Waals surface area (Å²) in [4.78, 5) is 21.0. The maximum absolute atomic E-state index is 11.6. The molecule has 2 rings (SSSR count). The van der Waals surface area contributed by atoms with Crippen molar-refractivity contribution in [3.63, 3.8) is 0 Å². The highest BCUT2D eigenvalue weighted by Crippen LogP contribution is 2.34. The highest BCUT2D eigenvalue weighted by molar-refractivity contribution is 6.31. The van der Waals surface area contributed by atoms with Crippen molar-refractivity contribution in [2.45, 2.75) is 20.8 Å². The lowest BCUT2D eigenvalue weighted by molar-refractivity contribution is -0.383. The summed E-state index contributed by atoms with van der Waals surface area (Å²) < 4.78 is 0. The van der Waals surface area contributed by atoms with E-state index in [4.69, 9.17) is 11.6 Å². The highest BCUT2D eigenvalue weighted by Gasteiger charge is 2.26. The van der Waals surface area contributed by atoms with Gasteiger partial charge in [-0.3, -0.25) is 10.1 Å². The lowest BCUT2D eigenvalue weighted by atomic mass is 10.2. The molecule has 1 N–H and O–H groups in total. The Labute approximate surface area is 139 Å². The van der Waals surface area contributed by atoms with Crippen molar-refractivity contribution in [3.8, 4) is 0 Å². The van der Waals surface area contributed by atoms with Crippen molar-refractivity contribution in [2.75, 3.05) is 23.3 Å². The van der Waals surface area contributed by atoms with Crippen LogP contribution in [0.5, 0.6) is 0 Å². The van der Waals surface area contributed by atoms with E-state index < -0.39 is 4.92 Å². The minimum absolute atomic E-state index is 0.143. The molecule has 0 radical (unpaired) electrons. The van der Waals surface area contributed by atoms with Crippen LogP contribution in [0.3, 0.4) is 0 Å². The summed E-state index contributed by atoms with van der Waals surface area (Å²) in [6.45, 7) is 6.91. The van der Waals surface area contributed by atoms with Crippen LogP contribution in [-0.2, 0) is 0 Å². The Morgan fingerprint density at radius 3 is 2.61 bits per heavy atom. The average Bonchev–Trinajstić information content (AvgIpc) is 2.53. The summed E-state index contributed by atoms with van der Waals surface area (Å²) in [6, 6.07) is 5.33. The molecular formula is C15H18ClN5O2. The van der Waals surface area contributed by atoms with Gasteiger partial charge in [-0.25, -0.2) is 9.97 Å². The number of rotatable bonds is 6. The SMILES string of the molecule is CCN(CC)c1ncnc(Nc2cccc(Cl)c2C)c1[N+](=O)[O-]. The Morgan fingerprint density at radius 2 is 2.00 bits per heavy atom. The van der Waals surface area contributed by atoms with E-state index in [1.54, 1.807) is 18.2 Å². The Balaban J connectivity index is 2.52. The summed E-state index contributed by atoms with van der Waals surface area (Å²) in [5, 5.41) is 15.1. The molecule has 0 bridgehead atoms. The van der Waals surface area contributed by atoms with Crippen LogP contribution in [0.4, 0.5) is 23.0 Å². The third-order valence-electron chi connectivity index (χ3n) is 3.57. The molecule has 0 atom stereocenters. The Morgan fingerprint density at radius 1 is 1.30 bits per heavy atom. The van der Waals surface area contributed by atoms with Crippen LogP contribution >= 0.6 is 11.6 Å². The predicted molar refractivity (Wildman–Crippen MR) is 91.7 cm³/mol. The van der Waals surface area contributed by atoms with Gasteiger partial charge in [-0.2, -0.15) is 0 Å². The first kappa shape index (κ1) is 17.0. The smallest absolute Gasteiger partial charge is 0.351 e. The normalized spacial score (nSPS) is 10.4. The number of nitrogens with zero attached hydrogens (tertiary/aromatic N) is 4. The van der Waals surface area contributed by atoms with Gasteiger partial charge in [0, 0.05) is 23.8 Å². The van der Waals surface area contributed by atoms with Gasteiger partial charge in [-0.1, -0.05) is 17.7 Å². The van der Waals surface area contributed by atoms with E-state index in [0.29, 0.717) is 29.6 Å². The summed E-state index contributed by atoms with van der Waals surface area (Å²) >= 11 is 6.09. The van der Waals surface area contributed by atoms with Crippen LogP contribution in [0.15, 0.2) is 24.5 Å². The van der Waals surface area contributed by atoms with Crippen molar-refractivity contribution in [1.29, 1.82) is 0 Å². The van der Waals surface area contributed by atoms with Crippen molar-refractivity contribution >= 4 is 34.6 Å². The van der Waals surface area contributed by atoms with E-state index in [1.165, 1.54) is 6.33 Å². The summed E-state index contributed by atoms with van der Waals surface area (Å²) in [7, 11) is 0. The van der Waals surface area contributed by atoms with Gasteiger partial charge in [-0.15, -0.1) is 0 Å². The number of nitrogens with one attached hydrogen (secondary N) is 1. The van der Waals surface area contributed by atoms with Crippen molar-refractivity contribution in [1.82, 2.24) is 9.97 Å². The fourth-order valence-electron chi connectivity index (χ4n) is 2.25. The monoisotopic (exact) mass is 335 g/mol. The number of hydrogen-bond acceptors (Lipinski definition) is 6. The first-order chi connectivity index (χ1) is 11.0. The number of benzene rings is 1. The van der Waals surface area contributed by atoms with Crippen LogP contribution in [0.25, 0.3) is 0 Å². The third kappa shape index (κ3) is 3.50. The zero-order chi connectivity index (χ0) is 17.0. The number of anilines is 3. The Bertz CT molecular complexity index is 719. The first-order valence-corrected chi connectivity index (χ1v) is 7.63. The van der Waals surface area contributed by atoms with E-state index >= 15 is 0 Å². The average molecular weight is 336 g/mol. The maximum Gasteiger partial charge on any atom is 0.353 e. The maximum atomic E-state index is 11.6. The molecule has 0 spiro atoms. The van der Waals surface area contributed by atoms with Gasteiger partial charge in [0.25, 0.3) is 0 Å². The number of aromatic nitrogens is 2. The predicted octanol–water partition coefficient (Wildman–Crippen LogP) is 3.94. The lowest BCUT2D eigenvalue weighted by Crippen LogP contribution is -2.24. The molecule has 0 aliphatic heterocycles. The van der Waals surface area contributed by atoms with Gasteiger partial charge in [0.15, 0.2) is 0 Å². The summed E-state index contributed by atoms with van der Waals surface area (Å²) in [5.41, 5.74) is 1.33. The van der Waals surface area contributed by atoms with Gasteiger partial charge < -0.3 is 10.2 Å². The minimum atomic E-state index is -0.462. The van der Waals surface area contributed by atoms with Crippen LogP contribution < -0.4 is 10.2 Å². The zero-order valence-electron chi connectivity index (χ0n) is 13.2. The van der Waals surface area contributed by atoms with Crippen molar-refractivity contribution < 1.29 is 4.92 Å². The van der Waals surface area contributed by atoms with Crippen molar-refractivity contribution in [3.05, 3.63) is 45.2 Å². The third-order valence-corrected chi connectivity index (χ3v) is 3.98. The molecule has 0 fully saturated rings. The molecule has 8 heteroatoms. The van der Waals surface area contributed by atoms with E-state index in [0.717, 1.165) is 5.56 Å². The number of halogens is 1. The van der Waals surface area contributed by atoms with E-state index in [9.17, 15) is 10.1 Å². The lowest BCUT2D eigenvalue weighted by Gasteiger charge is -2.20. The molecule has 122 valence electrons. The van der Waals surface area contributed by atoms with Gasteiger partial charge in [0.05, 0.1) is 4.92 Å². The van der Waals surface area contributed by atoms with E-state index in [1.807, 2.05) is 25.7 Å². The molecule has 2 aromatic rings. The standard InChI is InChI=1S/C15H18ClN5O2/c1-4-20(5-2)15-13(21(22)23)14(17-9-18-15)19-12-8-6-7-11(16)10(12)3/h6-9H,4-5H2,1-3H3,(H,17,18,19). The Kier molecular flexibility index (Phi) is 5.33. The molecule has 1 aromatic carbocycles. The number of hydrogen-bond donors (Lipinski definition) is 1. The second-order valence-electron chi connectivity index (χ2n) is 4.86. The molecular weight excluding hydrogens is 318 g/mol. The minimum Gasteiger partial charge on any atom is -0.351 e. The fraction of sp³-hybridized carbons (Fsp3) is 0.333. The quantitative estimate of drug-likeness (QED) is 0.636. The molecule has 1 heterocycles. The fourth-order valence-corrected chi connectivity index (χ4v) is 2.43. The molecule has 23 heavy (non-hydrogen) atoms. The molecule has 7 nitrogen and oxygen atoms in total. The van der Waals surface area contributed by atoms with Crippen LogP contribution in [0.1, 0.15) is 19.4 Å². The number of nitro groups is 1. The summed E-state index contributed by atoms with van der Waals surface area (Å²) in [6.07, 6.45) is 1.32. The molecule has 0 unspecified atom stereocenters. The van der Waals surface area contributed by atoms with Gasteiger partial charge >= 0.3 is 5.69 Å². The largest absolute Gasteiger partial charge is 0.353 e. The first-order valence-electron chi connectivity index (χ1n) is 7.26. The van der Waals surface area contributed by atoms with Crippen LogP contribution in [-0.4, -0.2) is 28.0 Å². The van der Waals surface area contributed by atoms with E-state index in [-0.39, 0.29) is 11.5 Å². The Hall–Kier alpha value is -2.41. The van der Waals surface area contributed by atoms with Crippen LogP contribution in [0, 0.1) is 17.0 Å². The molecule has 0 aliphatic carbocycles. The topological polar surface area (TPSA) is 84.2 Å². The highest BCUT2D eigenvalue weighted by atomic mass is 35.5. The van der Waals surface area contributed by atoms with Gasteiger partial charge in [0.1, 0.15) is 6.33 Å². The molecule has 0 aliphatic rings. The zero-order valence-corrected chi connectivity index (χ0v) is 14.0. The van der Waals surface area contributed by atoms with Crippen molar-refractivity contribution in [2.24, 2.45) is 0 Å². The molecule has 0 saturated carbocycles. The second-order valence-corrected chi connectivity index (χ2v) is 5.27. The van der Waals surface area contributed by atoms with Gasteiger partial charge in [0.2, 0.25) is 11.6 Å². The summed E-state index contributed by atoms with van der Waals surface area (Å²) in [5.74, 6) is 0.453.